The molecule has 4 nitrogen and oxygen atoms in total. The summed E-state index contributed by atoms with van der Waals surface area (Å²) in [7, 11) is 1.69. The number of methoxy groups -OCH3 is 1. The summed E-state index contributed by atoms with van der Waals surface area (Å²) in [5.41, 5.74) is 0.675. The largest absolute Gasteiger partial charge is 0.492 e. The number of ether oxygens (including phenoxy) is 2. The average molecular weight is 464 g/mol. The molecule has 0 radical (unpaired) electrons. The Hall–Kier alpha value is -1.75. The van der Waals surface area contributed by atoms with Gasteiger partial charge in [0.25, 0.3) is 0 Å². The molecule has 0 bridgehead atoms. The molecule has 0 atom stereocenters. The van der Waals surface area contributed by atoms with Crippen LogP contribution in [0, 0.1) is 0 Å². The van der Waals surface area contributed by atoms with Crippen molar-refractivity contribution in [3.63, 3.8) is 0 Å². The molecule has 2 aromatic rings. The number of carbonyl (C=O) groups is 1. The third-order valence-electron chi connectivity index (χ3n) is 6.24. The molecule has 1 amide bonds. The summed E-state index contributed by atoms with van der Waals surface area (Å²) < 4.78 is 11.2. The summed E-state index contributed by atoms with van der Waals surface area (Å²) in [4.78, 5) is 13.5. The van der Waals surface area contributed by atoms with E-state index in [0.717, 1.165) is 44.1 Å². The minimum atomic E-state index is -0.621. The predicted octanol–water partition coefficient (Wildman–Crippen LogP) is 7.03. The fourth-order valence-corrected chi connectivity index (χ4v) is 4.63. The van der Waals surface area contributed by atoms with Gasteiger partial charge in [0.2, 0.25) is 5.91 Å². The van der Waals surface area contributed by atoms with Gasteiger partial charge in [-0.05, 0) is 56.5 Å². The SMILES string of the molecule is COC(C)(C)CCOc1ccc(NC(=O)C2(c3ccccc3Cl)CCCCC2)cc1Cl. The smallest absolute Gasteiger partial charge is 0.235 e. The quantitative estimate of drug-likeness (QED) is 0.456. The number of carbonyl (C=O) groups excluding carboxylic acids is 1. The third-order valence-corrected chi connectivity index (χ3v) is 6.86. The lowest BCUT2D eigenvalue weighted by Crippen LogP contribution is -2.42. The maximum absolute atomic E-state index is 13.5. The topological polar surface area (TPSA) is 47.6 Å². The summed E-state index contributed by atoms with van der Waals surface area (Å²) in [5.74, 6) is 0.553. The van der Waals surface area contributed by atoms with Gasteiger partial charge in [0.1, 0.15) is 5.75 Å². The van der Waals surface area contributed by atoms with E-state index >= 15 is 0 Å². The van der Waals surface area contributed by atoms with Crippen LogP contribution in [0.1, 0.15) is 57.9 Å². The molecule has 0 aliphatic heterocycles. The van der Waals surface area contributed by atoms with Gasteiger partial charge < -0.3 is 14.8 Å². The van der Waals surface area contributed by atoms with Gasteiger partial charge in [0, 0.05) is 24.2 Å². The first-order chi connectivity index (χ1) is 14.8. The van der Waals surface area contributed by atoms with E-state index in [0.29, 0.717) is 28.1 Å². The van der Waals surface area contributed by atoms with Crippen LogP contribution in [0.25, 0.3) is 0 Å². The average Bonchev–Trinajstić information content (AvgIpc) is 2.76. The molecule has 1 fully saturated rings. The molecule has 1 N–H and O–H groups in total. The standard InChI is InChI=1S/C25H31Cl2NO3/c1-24(2,30-3)15-16-31-22-12-11-18(17-21(22)27)28-23(29)25(13-7-4-8-14-25)19-9-5-6-10-20(19)26/h5-6,9-12,17H,4,7-8,13-16H2,1-3H3,(H,28,29). The Morgan fingerprint density at radius 3 is 2.42 bits per heavy atom. The molecular formula is C25H31Cl2NO3. The molecule has 3 rings (SSSR count). The molecule has 6 heteroatoms. The van der Waals surface area contributed by atoms with Crippen molar-refractivity contribution >= 4 is 34.8 Å². The van der Waals surface area contributed by atoms with Crippen molar-refractivity contribution in [2.75, 3.05) is 19.0 Å². The Balaban J connectivity index is 1.74. The van der Waals surface area contributed by atoms with Gasteiger partial charge in [-0.2, -0.15) is 0 Å². The Morgan fingerprint density at radius 1 is 1.06 bits per heavy atom. The zero-order chi connectivity index (χ0) is 22.5. The number of nitrogens with one attached hydrogen (secondary N) is 1. The first-order valence-corrected chi connectivity index (χ1v) is 11.6. The highest BCUT2D eigenvalue weighted by Crippen LogP contribution is 2.43. The van der Waals surface area contributed by atoms with Crippen LogP contribution in [-0.2, 0) is 14.9 Å². The number of anilines is 1. The van der Waals surface area contributed by atoms with E-state index < -0.39 is 5.41 Å². The first-order valence-electron chi connectivity index (χ1n) is 10.8. The van der Waals surface area contributed by atoms with E-state index in [1.807, 2.05) is 44.2 Å². The van der Waals surface area contributed by atoms with Crippen molar-refractivity contribution in [2.45, 2.75) is 63.4 Å². The van der Waals surface area contributed by atoms with E-state index in [2.05, 4.69) is 5.32 Å². The van der Waals surface area contributed by atoms with Gasteiger partial charge in [-0.15, -0.1) is 0 Å². The maximum Gasteiger partial charge on any atom is 0.235 e. The van der Waals surface area contributed by atoms with Crippen molar-refractivity contribution in [1.29, 1.82) is 0 Å². The van der Waals surface area contributed by atoms with Crippen molar-refractivity contribution in [3.05, 3.63) is 58.1 Å². The predicted molar refractivity (Wildman–Crippen MR) is 127 cm³/mol. The van der Waals surface area contributed by atoms with E-state index in [4.69, 9.17) is 32.7 Å². The first kappa shape index (κ1) is 23.9. The minimum absolute atomic E-state index is 0.0353. The fourth-order valence-electron chi connectivity index (χ4n) is 4.08. The van der Waals surface area contributed by atoms with Gasteiger partial charge in [0.05, 0.1) is 22.6 Å². The molecule has 1 saturated carbocycles. The Morgan fingerprint density at radius 2 is 1.77 bits per heavy atom. The summed E-state index contributed by atoms with van der Waals surface area (Å²) in [6.45, 7) is 4.51. The molecule has 31 heavy (non-hydrogen) atoms. The summed E-state index contributed by atoms with van der Waals surface area (Å²) in [5, 5.41) is 4.18. The fraction of sp³-hybridized carbons (Fsp3) is 0.480. The number of halogens is 2. The van der Waals surface area contributed by atoms with Gasteiger partial charge in [0.15, 0.2) is 0 Å². The molecule has 0 saturated heterocycles. The number of hydrogen-bond acceptors (Lipinski definition) is 3. The zero-order valence-electron chi connectivity index (χ0n) is 18.5. The van der Waals surface area contributed by atoms with Crippen molar-refractivity contribution in [1.82, 2.24) is 0 Å². The van der Waals surface area contributed by atoms with Gasteiger partial charge in [-0.25, -0.2) is 0 Å². The highest BCUT2D eigenvalue weighted by Gasteiger charge is 2.42. The molecule has 2 aromatic carbocycles. The number of amides is 1. The minimum Gasteiger partial charge on any atom is -0.492 e. The molecule has 1 aliphatic rings. The molecule has 1 aliphatic carbocycles. The monoisotopic (exact) mass is 463 g/mol. The van der Waals surface area contributed by atoms with Crippen LogP contribution in [0.5, 0.6) is 5.75 Å². The lowest BCUT2D eigenvalue weighted by atomic mass is 9.68. The van der Waals surface area contributed by atoms with Crippen molar-refractivity contribution in [2.24, 2.45) is 0 Å². The second-order valence-corrected chi connectivity index (χ2v) is 9.60. The maximum atomic E-state index is 13.5. The van der Waals surface area contributed by atoms with Crippen LogP contribution in [0.15, 0.2) is 42.5 Å². The lowest BCUT2D eigenvalue weighted by molar-refractivity contribution is -0.122. The van der Waals surface area contributed by atoms with Crippen LogP contribution < -0.4 is 10.1 Å². The third kappa shape index (κ3) is 5.74. The Kier molecular flexibility index (Phi) is 7.90. The molecule has 0 spiro atoms. The van der Waals surface area contributed by atoms with Crippen LogP contribution >= 0.6 is 23.2 Å². The Labute approximate surface area is 195 Å². The lowest BCUT2D eigenvalue weighted by Gasteiger charge is -2.37. The van der Waals surface area contributed by atoms with Gasteiger partial charge >= 0.3 is 0 Å². The van der Waals surface area contributed by atoms with Crippen molar-refractivity contribution in [3.8, 4) is 5.75 Å². The molecule has 0 aromatic heterocycles. The zero-order valence-corrected chi connectivity index (χ0v) is 20.0. The van der Waals surface area contributed by atoms with Crippen LogP contribution in [-0.4, -0.2) is 25.2 Å². The molecular weight excluding hydrogens is 433 g/mol. The van der Waals surface area contributed by atoms with E-state index in [-0.39, 0.29) is 11.5 Å². The second kappa shape index (κ2) is 10.2. The van der Waals surface area contributed by atoms with E-state index in [1.165, 1.54) is 0 Å². The number of rotatable bonds is 8. The highest BCUT2D eigenvalue weighted by atomic mass is 35.5. The van der Waals surface area contributed by atoms with Crippen molar-refractivity contribution < 1.29 is 14.3 Å². The molecule has 0 unspecified atom stereocenters. The van der Waals surface area contributed by atoms with Crippen LogP contribution in [0.4, 0.5) is 5.69 Å². The molecule has 168 valence electrons. The van der Waals surface area contributed by atoms with Crippen LogP contribution in [0.2, 0.25) is 10.0 Å². The normalized spacial score (nSPS) is 16.0. The summed E-state index contributed by atoms with van der Waals surface area (Å²) in [6, 6.07) is 13.0. The van der Waals surface area contributed by atoms with Gasteiger partial charge in [-0.3, -0.25) is 4.79 Å². The highest BCUT2D eigenvalue weighted by molar-refractivity contribution is 6.32. The van der Waals surface area contributed by atoms with E-state index in [1.54, 1.807) is 19.2 Å². The van der Waals surface area contributed by atoms with Gasteiger partial charge in [-0.1, -0.05) is 60.7 Å². The molecule has 0 heterocycles. The summed E-state index contributed by atoms with van der Waals surface area (Å²) in [6.07, 6.45) is 5.45. The Bertz CT molecular complexity index is 907. The van der Waals surface area contributed by atoms with Crippen LogP contribution in [0.3, 0.4) is 0 Å². The number of hydrogen-bond donors (Lipinski definition) is 1. The number of benzene rings is 2. The summed E-state index contributed by atoms with van der Waals surface area (Å²) >= 11 is 12.9. The van der Waals surface area contributed by atoms with E-state index in [9.17, 15) is 4.79 Å². The second-order valence-electron chi connectivity index (χ2n) is 8.78.